The summed E-state index contributed by atoms with van der Waals surface area (Å²) in [7, 11) is 0. The number of aromatic nitrogens is 13. The molecule has 0 fully saturated rings. The van der Waals surface area contributed by atoms with Gasteiger partial charge in [-0.2, -0.15) is 5.10 Å². The number of imidazole rings is 1. The lowest BCUT2D eigenvalue weighted by atomic mass is 9.86. The van der Waals surface area contributed by atoms with Crippen LogP contribution in [-0.4, -0.2) is 64.4 Å². The number of nitrogens with one attached hydrogen (secondary N) is 2. The molecule has 10 heterocycles. The lowest BCUT2D eigenvalue weighted by molar-refractivity contribution is 0.509. The molecule has 10 aromatic heterocycles. The predicted molar refractivity (Wildman–Crippen MR) is 327 cm³/mol. The van der Waals surface area contributed by atoms with E-state index in [2.05, 4.69) is 167 Å². The maximum absolute atomic E-state index is 13.2. The fraction of sp³-hybridized carbons (Fsp3) is 0.391. The molecule has 0 atom stereocenters. The molecule has 0 saturated carbocycles. The van der Waals surface area contributed by atoms with E-state index in [0.29, 0.717) is 10.9 Å². The van der Waals surface area contributed by atoms with E-state index in [9.17, 15) is 13.6 Å². The largest absolute Gasteiger partial charge is 0.360 e. The molecule has 0 saturated heterocycles. The van der Waals surface area contributed by atoms with Gasteiger partial charge < -0.3 is 9.97 Å². The van der Waals surface area contributed by atoms with Crippen LogP contribution < -0.4 is 5.56 Å². The zero-order valence-corrected chi connectivity index (χ0v) is 51.4. The monoisotopic (exact) mass is 1120 g/mol. The quantitative estimate of drug-likeness (QED) is 0.147. The first-order valence-corrected chi connectivity index (χ1v) is 27.8. The molecular weight excluding hydrogens is 1040 g/mol. The molecule has 81 heavy (non-hydrogen) atoms. The fourth-order valence-corrected chi connectivity index (χ4v) is 9.28. The molecule has 0 spiro atoms. The summed E-state index contributed by atoms with van der Waals surface area (Å²) in [6.45, 7) is 40.2. The van der Waals surface area contributed by atoms with Gasteiger partial charge in [0.15, 0.2) is 17.3 Å². The average molecular weight is 1120 g/mol. The number of thiophene rings is 1. The number of H-pyrrole nitrogens is 2. The molecule has 1 aromatic carbocycles. The van der Waals surface area contributed by atoms with Gasteiger partial charge in [0.25, 0.3) is 5.56 Å². The number of aromatic amines is 2. The van der Waals surface area contributed by atoms with E-state index in [1.807, 2.05) is 114 Å². The van der Waals surface area contributed by atoms with Crippen LogP contribution in [0, 0.1) is 18.6 Å². The van der Waals surface area contributed by atoms with Crippen LogP contribution in [0.1, 0.15) is 164 Å². The minimum atomic E-state index is -0.883. The highest BCUT2D eigenvalue weighted by Gasteiger charge is 2.23. The summed E-state index contributed by atoms with van der Waals surface area (Å²) >= 11 is 1.68. The van der Waals surface area contributed by atoms with Gasteiger partial charge in [0.05, 0.1) is 62.9 Å². The van der Waals surface area contributed by atoms with Crippen LogP contribution in [0.2, 0.25) is 0 Å². The number of hydrogen-bond donors (Lipinski definition) is 2. The van der Waals surface area contributed by atoms with Gasteiger partial charge in [0.1, 0.15) is 17.0 Å². The number of benzene rings is 1. The molecule has 0 amide bonds. The van der Waals surface area contributed by atoms with Gasteiger partial charge in [-0.25, -0.2) is 43.2 Å². The second-order valence-electron chi connectivity index (χ2n) is 25.8. The molecule has 2 N–H and O–H groups in total. The van der Waals surface area contributed by atoms with Crippen molar-refractivity contribution in [1.82, 2.24) is 64.4 Å². The number of rotatable bonds is 0. The Morgan fingerprint density at radius 3 is 1.79 bits per heavy atom. The summed E-state index contributed by atoms with van der Waals surface area (Å²) in [5, 5.41) is 8.10. The Hall–Kier alpha value is -7.79. The van der Waals surface area contributed by atoms with Gasteiger partial charge in [0.2, 0.25) is 0 Å². The maximum Gasteiger partial charge on any atom is 0.250 e. The molecule has 0 bridgehead atoms. The molecule has 0 unspecified atom stereocenters. The van der Waals surface area contributed by atoms with Crippen LogP contribution in [-0.2, 0) is 32.5 Å². The van der Waals surface area contributed by atoms with Crippen molar-refractivity contribution in [2.45, 2.75) is 164 Å². The van der Waals surface area contributed by atoms with Crippen molar-refractivity contribution in [2.24, 2.45) is 0 Å². The van der Waals surface area contributed by atoms with Crippen molar-refractivity contribution >= 4 is 60.2 Å². The van der Waals surface area contributed by atoms with E-state index < -0.39 is 11.6 Å². The maximum atomic E-state index is 13.2. The molecule has 11 rings (SSSR count). The van der Waals surface area contributed by atoms with Crippen LogP contribution in [0.25, 0.3) is 48.8 Å². The first-order valence-electron chi connectivity index (χ1n) is 26.9. The summed E-state index contributed by atoms with van der Waals surface area (Å²) in [5.74, 6) is -0.885. The molecule has 0 aliphatic rings. The van der Waals surface area contributed by atoms with E-state index in [1.54, 1.807) is 17.5 Å². The molecule has 0 aliphatic heterocycles. The molecule has 17 heteroatoms. The minimum absolute atomic E-state index is 0.0474. The van der Waals surface area contributed by atoms with Gasteiger partial charge in [0, 0.05) is 75.5 Å². The SMILES string of the molecule is CC(C)(C)c1cc(=O)[nH]cn1.CC(C)(C)c1ccnc2cc[nH]c12.CC(C)(C)c1ccnc2cccnc12.CC(C)(C)c1cnc2cccnn12.CC(C)(C)c1ncnc2cc(F)c(F)cc12.Cc1nc(C(C)(C)C)c2ccsc2n1. The number of aryl methyl sites for hydroxylation is 1. The number of fused-ring (bicyclic) bond motifs is 5. The van der Waals surface area contributed by atoms with Gasteiger partial charge in [-0.3, -0.25) is 19.7 Å². The van der Waals surface area contributed by atoms with Crippen LogP contribution >= 0.6 is 11.3 Å². The summed E-state index contributed by atoms with van der Waals surface area (Å²) in [5.41, 5.74) is 12.1. The van der Waals surface area contributed by atoms with Crippen LogP contribution in [0.4, 0.5) is 8.78 Å². The summed E-state index contributed by atoms with van der Waals surface area (Å²) in [6, 6.07) is 19.8. The van der Waals surface area contributed by atoms with Crippen molar-refractivity contribution in [3.63, 3.8) is 0 Å². The lowest BCUT2D eigenvalue weighted by Crippen LogP contribution is -2.18. The molecule has 0 aliphatic carbocycles. The molecule has 14 nitrogen and oxygen atoms in total. The first-order chi connectivity index (χ1) is 37.6. The van der Waals surface area contributed by atoms with Gasteiger partial charge in [-0.05, 0) is 88.9 Å². The standard InChI is InChI=1S/C12H12F2N2.C12H14N2.C11H14N2S.C11H14N2.C10H13N3.C8H12N2O/c1-12(2,3)11-7-4-8(13)9(14)5-10(7)15-6-16-11;1-12(2,3)9-6-8-13-10-5-4-7-14-11(9)10;1-7-12-9(11(2,3)4)8-5-6-14-10(8)13-7;1-11(2,3)8-4-6-12-9-5-7-13-10(8)9;1-10(2,3)8-7-11-9-5-4-6-12-13(8)9;1-8(2,3)6-4-7(11)10-5-9-6/h4-6H,1-3H3;4-8H,1-3H3;5-6H,1-4H3;4-7,13H,1-3H3;4-7H,1-3H3;4-5H,1-3H3,(H,9,10,11). The summed E-state index contributed by atoms with van der Waals surface area (Å²) < 4.78 is 28.1. The highest BCUT2D eigenvalue weighted by Crippen LogP contribution is 2.32. The summed E-state index contributed by atoms with van der Waals surface area (Å²) in [6.07, 6.45) is 14.0. The Morgan fingerprint density at radius 2 is 1.17 bits per heavy atom. The van der Waals surface area contributed by atoms with E-state index in [4.69, 9.17) is 0 Å². The molecule has 11 aromatic rings. The smallest absolute Gasteiger partial charge is 0.250 e. The Bertz CT molecular complexity index is 3920. The van der Waals surface area contributed by atoms with Crippen LogP contribution in [0.5, 0.6) is 0 Å². The Morgan fingerprint density at radius 1 is 0.531 bits per heavy atom. The zero-order valence-electron chi connectivity index (χ0n) is 50.5. The number of hydrogen-bond acceptors (Lipinski definition) is 12. The lowest BCUT2D eigenvalue weighted by Gasteiger charge is -2.19. The highest BCUT2D eigenvalue weighted by molar-refractivity contribution is 7.16. The molecular formula is C64H79F2N13OS. The van der Waals surface area contributed by atoms with Crippen molar-refractivity contribution in [3.8, 4) is 0 Å². The average Bonchev–Trinajstić information content (AvgIpc) is 4.24. The Labute approximate surface area is 478 Å². The topological polar surface area (TPSA) is 182 Å². The van der Waals surface area contributed by atoms with E-state index in [-0.39, 0.29) is 38.0 Å². The predicted octanol–water partition coefficient (Wildman–Crippen LogP) is 15.4. The highest BCUT2D eigenvalue weighted by atomic mass is 32.1. The van der Waals surface area contributed by atoms with E-state index >= 15 is 0 Å². The van der Waals surface area contributed by atoms with Crippen molar-refractivity contribution < 1.29 is 8.78 Å². The fourth-order valence-electron chi connectivity index (χ4n) is 8.47. The van der Waals surface area contributed by atoms with E-state index in [1.165, 1.54) is 35.2 Å². The van der Waals surface area contributed by atoms with Crippen molar-refractivity contribution in [2.75, 3.05) is 0 Å². The van der Waals surface area contributed by atoms with Gasteiger partial charge in [-0.1, -0.05) is 125 Å². The second-order valence-corrected chi connectivity index (χ2v) is 26.7. The Balaban J connectivity index is 0.000000157. The zero-order chi connectivity index (χ0) is 59.9. The van der Waals surface area contributed by atoms with Crippen LogP contribution in [0.15, 0.2) is 127 Å². The summed E-state index contributed by atoms with van der Waals surface area (Å²) in [4.78, 5) is 56.0. The normalized spacial score (nSPS) is 12.1. The van der Waals surface area contributed by atoms with Gasteiger partial charge in [-0.15, -0.1) is 11.3 Å². The number of halogens is 2. The van der Waals surface area contributed by atoms with Crippen molar-refractivity contribution in [3.05, 3.63) is 184 Å². The third-order valence-corrected chi connectivity index (χ3v) is 13.4. The number of nitrogens with zero attached hydrogens (tertiary/aromatic N) is 11. The third-order valence-electron chi connectivity index (χ3n) is 12.6. The molecule has 426 valence electrons. The third kappa shape index (κ3) is 16.4. The minimum Gasteiger partial charge on any atom is -0.360 e. The number of pyridine rings is 3. The van der Waals surface area contributed by atoms with E-state index in [0.717, 1.165) is 73.3 Å². The van der Waals surface area contributed by atoms with Crippen molar-refractivity contribution in [1.29, 1.82) is 0 Å². The Kier molecular flexibility index (Phi) is 19.2. The first kappa shape index (κ1) is 62.4. The van der Waals surface area contributed by atoms with Gasteiger partial charge >= 0.3 is 0 Å². The second kappa shape index (κ2) is 24.9. The molecule has 0 radical (unpaired) electrons. The van der Waals surface area contributed by atoms with Crippen LogP contribution in [0.3, 0.4) is 0 Å².